The van der Waals surface area contributed by atoms with E-state index >= 15 is 0 Å². The van der Waals surface area contributed by atoms with Crippen LogP contribution >= 0.6 is 11.8 Å². The van der Waals surface area contributed by atoms with Gasteiger partial charge in [-0.15, -0.1) is 0 Å². The lowest BCUT2D eigenvalue weighted by molar-refractivity contribution is 0.213. The summed E-state index contributed by atoms with van der Waals surface area (Å²) in [7, 11) is 0. The van der Waals surface area contributed by atoms with Gasteiger partial charge in [0.25, 0.3) is 0 Å². The second-order valence-corrected chi connectivity index (χ2v) is 7.25. The van der Waals surface area contributed by atoms with Crippen LogP contribution in [0.4, 0.5) is 5.69 Å². The molecular formula is C19H23N5OS. The smallest absolute Gasteiger partial charge is 0.220 e. The molecule has 0 radical (unpaired) electrons. The average molecular weight is 369 g/mol. The first-order valence-corrected chi connectivity index (χ1v) is 9.96. The number of aryl methyl sites for hydroxylation is 1. The standard InChI is InChI=1S/C19H23N5OS/c1-13-14(2)22-19(26-3)23-18(13)25-12-15-5-8-24(9-6-15)17-4-7-21-16(10-17)11-20/h4,7,10,15H,5-6,8-9,12H2,1-3H3. The van der Waals surface area contributed by atoms with Gasteiger partial charge in [-0.05, 0) is 51.0 Å². The molecule has 0 aromatic carbocycles. The molecule has 136 valence electrons. The highest BCUT2D eigenvalue weighted by molar-refractivity contribution is 7.98. The summed E-state index contributed by atoms with van der Waals surface area (Å²) < 4.78 is 6.04. The minimum Gasteiger partial charge on any atom is -0.477 e. The quantitative estimate of drug-likeness (QED) is 0.591. The largest absolute Gasteiger partial charge is 0.477 e. The number of piperidine rings is 1. The van der Waals surface area contributed by atoms with Gasteiger partial charge in [0.2, 0.25) is 5.88 Å². The van der Waals surface area contributed by atoms with Gasteiger partial charge in [-0.2, -0.15) is 10.2 Å². The van der Waals surface area contributed by atoms with Crippen molar-refractivity contribution in [3.63, 3.8) is 0 Å². The minimum absolute atomic E-state index is 0.465. The normalized spacial score (nSPS) is 14.9. The van der Waals surface area contributed by atoms with Crippen LogP contribution in [0.5, 0.6) is 5.88 Å². The van der Waals surface area contributed by atoms with Gasteiger partial charge in [0.15, 0.2) is 5.16 Å². The first kappa shape index (κ1) is 18.5. The number of pyridine rings is 1. The van der Waals surface area contributed by atoms with Crippen LogP contribution in [0.3, 0.4) is 0 Å². The summed E-state index contributed by atoms with van der Waals surface area (Å²) in [6.07, 6.45) is 5.79. The van der Waals surface area contributed by atoms with E-state index in [0.717, 1.165) is 48.0 Å². The molecule has 3 rings (SSSR count). The van der Waals surface area contributed by atoms with Crippen LogP contribution in [0.1, 0.15) is 29.8 Å². The third kappa shape index (κ3) is 4.25. The maximum Gasteiger partial charge on any atom is 0.220 e. The highest BCUT2D eigenvalue weighted by Gasteiger charge is 2.21. The number of thioether (sulfide) groups is 1. The number of ether oxygens (including phenoxy) is 1. The van der Waals surface area contributed by atoms with Crippen molar-refractivity contribution in [1.29, 1.82) is 5.26 Å². The van der Waals surface area contributed by atoms with Crippen LogP contribution < -0.4 is 9.64 Å². The first-order chi connectivity index (χ1) is 12.6. The fraction of sp³-hybridized carbons (Fsp3) is 0.474. The summed E-state index contributed by atoms with van der Waals surface area (Å²) in [5.74, 6) is 1.22. The van der Waals surface area contributed by atoms with Crippen LogP contribution in [0, 0.1) is 31.1 Å². The van der Waals surface area contributed by atoms with Gasteiger partial charge in [-0.25, -0.2) is 9.97 Å². The molecule has 26 heavy (non-hydrogen) atoms. The molecule has 7 heteroatoms. The summed E-state index contributed by atoms with van der Waals surface area (Å²) in [5, 5.41) is 9.75. The Labute approximate surface area is 158 Å². The summed E-state index contributed by atoms with van der Waals surface area (Å²) in [4.78, 5) is 15.3. The molecule has 2 aromatic rings. The number of aromatic nitrogens is 3. The lowest BCUT2D eigenvalue weighted by atomic mass is 9.97. The van der Waals surface area contributed by atoms with Crippen molar-refractivity contribution in [2.45, 2.75) is 31.8 Å². The fourth-order valence-corrected chi connectivity index (χ4v) is 3.44. The summed E-state index contributed by atoms with van der Waals surface area (Å²) in [5.41, 5.74) is 3.52. The van der Waals surface area contributed by atoms with Gasteiger partial charge in [0.05, 0.1) is 6.61 Å². The molecule has 0 spiro atoms. The molecule has 0 atom stereocenters. The summed E-state index contributed by atoms with van der Waals surface area (Å²) in [6, 6.07) is 5.92. The predicted octanol–water partition coefficient (Wildman–Crippen LogP) is 3.38. The van der Waals surface area contributed by atoms with Crippen molar-refractivity contribution < 1.29 is 4.74 Å². The molecule has 0 unspecified atom stereocenters. The van der Waals surface area contributed by atoms with Crippen LogP contribution in [-0.2, 0) is 0 Å². The highest BCUT2D eigenvalue weighted by Crippen LogP contribution is 2.26. The Morgan fingerprint density at radius 3 is 2.77 bits per heavy atom. The van der Waals surface area contributed by atoms with E-state index in [2.05, 4.69) is 25.9 Å². The molecule has 1 fully saturated rings. The first-order valence-electron chi connectivity index (χ1n) is 8.74. The fourth-order valence-electron chi connectivity index (χ4n) is 3.04. The number of hydrogen-bond donors (Lipinski definition) is 0. The summed E-state index contributed by atoms with van der Waals surface area (Å²) >= 11 is 1.53. The molecule has 2 aromatic heterocycles. The lowest BCUT2D eigenvalue weighted by Crippen LogP contribution is -2.35. The van der Waals surface area contributed by atoms with Crippen molar-refractivity contribution in [3.05, 3.63) is 35.3 Å². The number of nitriles is 1. The number of hydrogen-bond acceptors (Lipinski definition) is 7. The van der Waals surface area contributed by atoms with E-state index in [0.29, 0.717) is 24.1 Å². The highest BCUT2D eigenvalue weighted by atomic mass is 32.2. The van der Waals surface area contributed by atoms with E-state index in [4.69, 9.17) is 10.00 Å². The Bertz CT molecular complexity index is 812. The minimum atomic E-state index is 0.465. The number of nitrogens with zero attached hydrogens (tertiary/aromatic N) is 5. The molecule has 0 saturated carbocycles. The van der Waals surface area contributed by atoms with Gasteiger partial charge in [0.1, 0.15) is 11.8 Å². The predicted molar refractivity (Wildman–Crippen MR) is 103 cm³/mol. The second-order valence-electron chi connectivity index (χ2n) is 6.48. The molecule has 1 saturated heterocycles. The third-order valence-corrected chi connectivity index (χ3v) is 5.35. The Morgan fingerprint density at radius 1 is 1.31 bits per heavy atom. The Kier molecular flexibility index (Phi) is 5.94. The van der Waals surface area contributed by atoms with Gasteiger partial charge < -0.3 is 9.64 Å². The molecule has 0 bridgehead atoms. The Hall–Kier alpha value is -2.33. The van der Waals surface area contributed by atoms with E-state index < -0.39 is 0 Å². The topological polar surface area (TPSA) is 74.9 Å². The monoisotopic (exact) mass is 369 g/mol. The van der Waals surface area contributed by atoms with Crippen molar-refractivity contribution >= 4 is 17.4 Å². The molecular weight excluding hydrogens is 346 g/mol. The van der Waals surface area contributed by atoms with Gasteiger partial charge in [-0.3, -0.25) is 0 Å². The van der Waals surface area contributed by atoms with Crippen LogP contribution in [0.15, 0.2) is 23.5 Å². The van der Waals surface area contributed by atoms with Crippen LogP contribution in [0.2, 0.25) is 0 Å². The van der Waals surface area contributed by atoms with Crippen molar-refractivity contribution in [3.8, 4) is 11.9 Å². The molecule has 3 heterocycles. The molecule has 0 aliphatic carbocycles. The number of anilines is 1. The van der Waals surface area contributed by atoms with Gasteiger partial charge in [-0.1, -0.05) is 11.8 Å². The van der Waals surface area contributed by atoms with Gasteiger partial charge in [0, 0.05) is 36.2 Å². The van der Waals surface area contributed by atoms with E-state index in [1.165, 1.54) is 11.8 Å². The average Bonchev–Trinajstić information content (AvgIpc) is 2.69. The zero-order valence-corrected chi connectivity index (χ0v) is 16.2. The SMILES string of the molecule is CSc1nc(C)c(C)c(OCC2CCN(c3ccnc(C#N)c3)CC2)n1. The molecule has 1 aliphatic heterocycles. The Morgan fingerprint density at radius 2 is 2.08 bits per heavy atom. The van der Waals surface area contributed by atoms with E-state index in [1.54, 1.807) is 6.20 Å². The maximum atomic E-state index is 9.00. The van der Waals surface area contributed by atoms with E-state index in [-0.39, 0.29) is 0 Å². The number of rotatable bonds is 5. The molecule has 0 amide bonds. The molecule has 6 nitrogen and oxygen atoms in total. The van der Waals surface area contributed by atoms with Crippen LogP contribution in [0.25, 0.3) is 0 Å². The Balaban J connectivity index is 1.56. The second kappa shape index (κ2) is 8.37. The molecule has 0 N–H and O–H groups in total. The molecule has 1 aliphatic rings. The maximum absolute atomic E-state index is 9.00. The van der Waals surface area contributed by atoms with Crippen molar-refractivity contribution in [1.82, 2.24) is 15.0 Å². The lowest BCUT2D eigenvalue weighted by Gasteiger charge is -2.33. The van der Waals surface area contributed by atoms with Gasteiger partial charge >= 0.3 is 0 Å². The van der Waals surface area contributed by atoms with Crippen molar-refractivity contribution in [2.75, 3.05) is 30.9 Å². The zero-order chi connectivity index (χ0) is 18.5. The van der Waals surface area contributed by atoms with Crippen molar-refractivity contribution in [2.24, 2.45) is 5.92 Å². The van der Waals surface area contributed by atoms with E-state index in [1.807, 2.05) is 32.2 Å². The van der Waals surface area contributed by atoms with E-state index in [9.17, 15) is 0 Å². The van der Waals surface area contributed by atoms with Crippen LogP contribution in [-0.4, -0.2) is 40.9 Å². The zero-order valence-electron chi connectivity index (χ0n) is 15.4. The summed E-state index contributed by atoms with van der Waals surface area (Å²) in [6.45, 7) is 6.60. The third-order valence-electron chi connectivity index (χ3n) is 4.80.